The highest BCUT2D eigenvalue weighted by molar-refractivity contribution is 5.37. The van der Waals surface area contributed by atoms with Crippen LogP contribution in [0, 0.1) is 0 Å². The van der Waals surface area contributed by atoms with Crippen LogP contribution >= 0.6 is 0 Å². The molecule has 0 radical (unpaired) electrons. The van der Waals surface area contributed by atoms with E-state index in [-0.39, 0.29) is 0 Å². The molecule has 1 aliphatic rings. The first-order valence-electron chi connectivity index (χ1n) is 7.36. The molecule has 0 atom stereocenters. The Bertz CT molecular complexity index is 577. The molecule has 2 aromatic rings. The summed E-state index contributed by atoms with van der Waals surface area (Å²) in [4.78, 5) is 11.2. The van der Waals surface area contributed by atoms with Crippen molar-refractivity contribution >= 4 is 5.95 Å². The highest BCUT2D eigenvalue weighted by Crippen LogP contribution is 2.19. The minimum atomic E-state index is 0.320. The zero-order valence-corrected chi connectivity index (χ0v) is 12.0. The molecule has 0 unspecified atom stereocenters. The largest absolute Gasteiger partial charge is 0.508 e. The number of aromatic hydroxyl groups is 1. The Morgan fingerprint density at radius 1 is 1.10 bits per heavy atom. The van der Waals surface area contributed by atoms with Crippen LogP contribution in [0.3, 0.4) is 0 Å². The molecular formula is C16H20N4O. The van der Waals surface area contributed by atoms with Gasteiger partial charge in [0.25, 0.3) is 0 Å². The molecule has 0 bridgehead atoms. The number of benzene rings is 1. The molecule has 2 N–H and O–H groups in total. The van der Waals surface area contributed by atoms with E-state index in [2.05, 4.69) is 20.2 Å². The minimum absolute atomic E-state index is 0.320. The van der Waals surface area contributed by atoms with Crippen LogP contribution < -0.4 is 10.2 Å². The van der Waals surface area contributed by atoms with Crippen molar-refractivity contribution in [3.8, 4) is 5.75 Å². The number of hydrogen-bond acceptors (Lipinski definition) is 5. The van der Waals surface area contributed by atoms with Crippen LogP contribution in [0.2, 0.25) is 0 Å². The van der Waals surface area contributed by atoms with Crippen molar-refractivity contribution in [3.63, 3.8) is 0 Å². The van der Waals surface area contributed by atoms with Crippen LogP contribution in [0.4, 0.5) is 5.95 Å². The van der Waals surface area contributed by atoms with Gasteiger partial charge in [0.15, 0.2) is 0 Å². The maximum atomic E-state index is 9.81. The summed E-state index contributed by atoms with van der Waals surface area (Å²) < 4.78 is 0. The zero-order valence-electron chi connectivity index (χ0n) is 12.0. The predicted molar refractivity (Wildman–Crippen MR) is 82.6 cm³/mol. The minimum Gasteiger partial charge on any atom is -0.508 e. The third-order valence-electron chi connectivity index (χ3n) is 3.70. The first-order chi connectivity index (χ1) is 10.3. The lowest BCUT2D eigenvalue weighted by Crippen LogP contribution is -2.29. The number of hydrogen-bond donors (Lipinski definition) is 2. The summed E-state index contributed by atoms with van der Waals surface area (Å²) in [7, 11) is 0. The van der Waals surface area contributed by atoms with Gasteiger partial charge in [-0.3, -0.25) is 0 Å². The number of nitrogens with zero attached hydrogens (tertiary/aromatic N) is 3. The molecule has 5 nitrogen and oxygen atoms in total. The fourth-order valence-electron chi connectivity index (χ4n) is 2.53. The number of phenols is 1. The normalized spacial score (nSPS) is 15.7. The van der Waals surface area contributed by atoms with Crippen molar-refractivity contribution in [1.29, 1.82) is 0 Å². The molecule has 2 heterocycles. The number of aromatic nitrogens is 2. The maximum Gasteiger partial charge on any atom is 0.225 e. The molecule has 0 spiro atoms. The molecule has 110 valence electrons. The molecular weight excluding hydrogens is 264 g/mol. The van der Waals surface area contributed by atoms with Crippen LogP contribution in [-0.4, -0.2) is 41.3 Å². The van der Waals surface area contributed by atoms with E-state index in [0.29, 0.717) is 12.2 Å². The predicted octanol–water partition coefficient (Wildman–Crippen LogP) is 1.57. The van der Waals surface area contributed by atoms with Crippen LogP contribution in [0.1, 0.15) is 17.5 Å². The van der Waals surface area contributed by atoms with E-state index in [1.165, 1.54) is 0 Å². The smallest absolute Gasteiger partial charge is 0.225 e. The van der Waals surface area contributed by atoms with E-state index in [1.807, 2.05) is 30.6 Å². The van der Waals surface area contributed by atoms with Gasteiger partial charge >= 0.3 is 0 Å². The second-order valence-electron chi connectivity index (χ2n) is 5.29. The third-order valence-corrected chi connectivity index (χ3v) is 3.70. The highest BCUT2D eigenvalue weighted by Gasteiger charge is 2.12. The van der Waals surface area contributed by atoms with Crippen LogP contribution in [0.15, 0.2) is 36.7 Å². The van der Waals surface area contributed by atoms with Gasteiger partial charge < -0.3 is 15.3 Å². The number of anilines is 1. The van der Waals surface area contributed by atoms with E-state index in [0.717, 1.165) is 49.7 Å². The molecule has 0 aliphatic carbocycles. The molecule has 1 aliphatic heterocycles. The van der Waals surface area contributed by atoms with Crippen molar-refractivity contribution in [2.45, 2.75) is 12.8 Å². The summed E-state index contributed by atoms with van der Waals surface area (Å²) in [5.41, 5.74) is 1.90. The standard InChI is InChI=1S/C16H20N4O/c21-15-5-2-1-4-14(15)10-13-11-18-16(19-12-13)20-8-3-6-17-7-9-20/h1-2,4-5,11-12,17,21H,3,6-10H2. The van der Waals surface area contributed by atoms with Crippen LogP contribution in [0.5, 0.6) is 5.75 Å². The van der Waals surface area contributed by atoms with Crippen LogP contribution in [-0.2, 0) is 6.42 Å². The quantitative estimate of drug-likeness (QED) is 0.896. The molecule has 1 fully saturated rings. The van der Waals surface area contributed by atoms with Gasteiger partial charge in [0, 0.05) is 38.4 Å². The maximum absolute atomic E-state index is 9.81. The van der Waals surface area contributed by atoms with Crippen molar-refractivity contribution in [2.24, 2.45) is 0 Å². The van der Waals surface area contributed by atoms with Gasteiger partial charge in [-0.15, -0.1) is 0 Å². The lowest BCUT2D eigenvalue weighted by atomic mass is 10.1. The summed E-state index contributed by atoms with van der Waals surface area (Å²) >= 11 is 0. The van der Waals surface area contributed by atoms with Gasteiger partial charge in [0.1, 0.15) is 5.75 Å². The van der Waals surface area contributed by atoms with Gasteiger partial charge in [-0.25, -0.2) is 9.97 Å². The number of nitrogens with one attached hydrogen (secondary N) is 1. The Morgan fingerprint density at radius 3 is 2.71 bits per heavy atom. The number of para-hydroxylation sites is 1. The van der Waals surface area contributed by atoms with Crippen molar-refractivity contribution in [2.75, 3.05) is 31.1 Å². The SMILES string of the molecule is Oc1ccccc1Cc1cnc(N2CCCNCC2)nc1. The highest BCUT2D eigenvalue weighted by atomic mass is 16.3. The molecule has 1 aromatic carbocycles. The topological polar surface area (TPSA) is 61.3 Å². The van der Waals surface area contributed by atoms with Gasteiger partial charge in [-0.1, -0.05) is 18.2 Å². The first-order valence-corrected chi connectivity index (χ1v) is 7.36. The van der Waals surface area contributed by atoms with Gasteiger partial charge in [-0.05, 0) is 30.2 Å². The summed E-state index contributed by atoms with van der Waals surface area (Å²) in [6, 6.07) is 7.37. The summed E-state index contributed by atoms with van der Waals surface area (Å²) in [6.45, 7) is 3.97. The van der Waals surface area contributed by atoms with E-state index < -0.39 is 0 Å². The van der Waals surface area contributed by atoms with Crippen molar-refractivity contribution in [3.05, 3.63) is 47.8 Å². The molecule has 3 rings (SSSR count). The average Bonchev–Trinajstić information content (AvgIpc) is 2.80. The van der Waals surface area contributed by atoms with Gasteiger partial charge in [0.2, 0.25) is 5.95 Å². The Kier molecular flexibility index (Phi) is 4.31. The van der Waals surface area contributed by atoms with Gasteiger partial charge in [0.05, 0.1) is 0 Å². The van der Waals surface area contributed by atoms with Gasteiger partial charge in [-0.2, -0.15) is 0 Å². The zero-order chi connectivity index (χ0) is 14.5. The van der Waals surface area contributed by atoms with E-state index in [4.69, 9.17) is 0 Å². The Hall–Kier alpha value is -2.14. The molecule has 0 amide bonds. The summed E-state index contributed by atoms with van der Waals surface area (Å²) in [5, 5.41) is 13.2. The summed E-state index contributed by atoms with van der Waals surface area (Å²) in [5.74, 6) is 1.11. The average molecular weight is 284 g/mol. The molecule has 5 heteroatoms. The molecule has 0 saturated carbocycles. The lowest BCUT2D eigenvalue weighted by Gasteiger charge is -2.19. The molecule has 1 saturated heterocycles. The monoisotopic (exact) mass is 284 g/mol. The second-order valence-corrected chi connectivity index (χ2v) is 5.29. The van der Waals surface area contributed by atoms with Crippen molar-refractivity contribution in [1.82, 2.24) is 15.3 Å². The second kappa shape index (κ2) is 6.54. The van der Waals surface area contributed by atoms with Crippen molar-refractivity contribution < 1.29 is 5.11 Å². The lowest BCUT2D eigenvalue weighted by molar-refractivity contribution is 0.469. The van der Waals surface area contributed by atoms with E-state index >= 15 is 0 Å². The summed E-state index contributed by atoms with van der Waals surface area (Å²) in [6.07, 6.45) is 5.47. The molecule has 21 heavy (non-hydrogen) atoms. The Balaban J connectivity index is 1.70. The Morgan fingerprint density at radius 2 is 1.90 bits per heavy atom. The number of phenolic OH excluding ortho intramolecular Hbond substituents is 1. The fraction of sp³-hybridized carbons (Fsp3) is 0.375. The first kappa shape index (κ1) is 13.8. The molecule has 1 aromatic heterocycles. The fourth-order valence-corrected chi connectivity index (χ4v) is 2.53. The number of rotatable bonds is 3. The Labute approximate surface area is 124 Å². The third kappa shape index (κ3) is 3.49. The van der Waals surface area contributed by atoms with Crippen LogP contribution in [0.25, 0.3) is 0 Å². The van der Waals surface area contributed by atoms with E-state index in [1.54, 1.807) is 6.07 Å². The van der Waals surface area contributed by atoms with E-state index in [9.17, 15) is 5.11 Å².